The molecule has 1 unspecified atom stereocenters. The number of rotatable bonds is 2. The van der Waals surface area contributed by atoms with Crippen LogP contribution in [-0.4, -0.2) is 31.2 Å². The maximum Gasteiger partial charge on any atom is 0.228 e. The Labute approximate surface area is 107 Å². The molecule has 0 bridgehead atoms. The van der Waals surface area contributed by atoms with Crippen LogP contribution in [0, 0.1) is 11.6 Å². The molecule has 0 spiro atoms. The summed E-state index contributed by atoms with van der Waals surface area (Å²) >= 11 is 0. The number of phenolic OH excluding ortho intramolecular Hbond substituents is 1. The van der Waals surface area contributed by atoms with E-state index in [0.717, 1.165) is 4.90 Å². The van der Waals surface area contributed by atoms with Gasteiger partial charge in [-0.3, -0.25) is 4.79 Å². The number of halogens is 2. The van der Waals surface area contributed by atoms with Crippen molar-refractivity contribution in [3.05, 3.63) is 23.8 Å². The second-order valence-corrected chi connectivity index (χ2v) is 6.02. The minimum absolute atomic E-state index is 0.282. The standard InChI is InChI=1S/C10H10F2N2O4S/c11-6-2-8(9(15)3-7(6)12)14-4-5(1-10(14)16)19(13,17)18/h2-3,5,15H,1,4H2,(H2,13,17,18). The molecule has 104 valence electrons. The predicted octanol–water partition coefficient (Wildman–Crippen LogP) is 0.0642. The normalized spacial score (nSPS) is 20.1. The van der Waals surface area contributed by atoms with Crippen LogP contribution in [0.5, 0.6) is 5.75 Å². The van der Waals surface area contributed by atoms with E-state index in [1.54, 1.807) is 0 Å². The molecule has 0 radical (unpaired) electrons. The first-order valence-corrected chi connectivity index (χ1v) is 6.81. The number of phenols is 1. The van der Waals surface area contributed by atoms with Crippen LogP contribution in [0.3, 0.4) is 0 Å². The lowest BCUT2D eigenvalue weighted by Gasteiger charge is -2.17. The summed E-state index contributed by atoms with van der Waals surface area (Å²) in [6.07, 6.45) is -0.364. The van der Waals surface area contributed by atoms with E-state index in [2.05, 4.69) is 0 Å². The van der Waals surface area contributed by atoms with Crippen LogP contribution in [0.1, 0.15) is 6.42 Å². The van der Waals surface area contributed by atoms with E-state index in [0.29, 0.717) is 12.1 Å². The zero-order valence-electron chi connectivity index (χ0n) is 9.51. The first-order valence-electron chi connectivity index (χ1n) is 5.20. The molecule has 1 aromatic rings. The molecule has 0 aliphatic carbocycles. The maximum atomic E-state index is 13.1. The number of aromatic hydroxyl groups is 1. The molecule has 0 saturated carbocycles. The molecule has 1 amide bonds. The number of nitrogens with two attached hydrogens (primary N) is 1. The summed E-state index contributed by atoms with van der Waals surface area (Å²) in [5.41, 5.74) is -0.282. The smallest absolute Gasteiger partial charge is 0.228 e. The SMILES string of the molecule is NS(=O)(=O)C1CC(=O)N(c2cc(F)c(F)cc2O)C1. The highest BCUT2D eigenvalue weighted by Gasteiger charge is 2.38. The Balaban J connectivity index is 2.39. The van der Waals surface area contributed by atoms with Gasteiger partial charge in [0, 0.05) is 25.1 Å². The number of anilines is 1. The lowest BCUT2D eigenvalue weighted by atomic mass is 10.2. The molecule has 19 heavy (non-hydrogen) atoms. The number of carbonyl (C=O) groups excluding carboxylic acids is 1. The number of primary sulfonamides is 1. The summed E-state index contributed by atoms with van der Waals surface area (Å²) < 4.78 is 48.3. The van der Waals surface area contributed by atoms with Crippen LogP contribution in [0.4, 0.5) is 14.5 Å². The number of amides is 1. The molecule has 1 aromatic carbocycles. The van der Waals surface area contributed by atoms with Crippen molar-refractivity contribution >= 4 is 21.6 Å². The minimum atomic E-state index is -3.92. The van der Waals surface area contributed by atoms with Crippen LogP contribution >= 0.6 is 0 Å². The average Bonchev–Trinajstić information content (AvgIpc) is 2.65. The van der Waals surface area contributed by atoms with Gasteiger partial charge >= 0.3 is 0 Å². The van der Waals surface area contributed by atoms with Crippen LogP contribution in [0.2, 0.25) is 0 Å². The Morgan fingerprint density at radius 2 is 1.89 bits per heavy atom. The zero-order valence-corrected chi connectivity index (χ0v) is 10.3. The Morgan fingerprint density at radius 3 is 2.42 bits per heavy atom. The zero-order chi connectivity index (χ0) is 14.4. The second-order valence-electron chi connectivity index (χ2n) is 4.17. The van der Waals surface area contributed by atoms with E-state index in [-0.39, 0.29) is 18.7 Å². The maximum absolute atomic E-state index is 13.1. The van der Waals surface area contributed by atoms with E-state index >= 15 is 0 Å². The van der Waals surface area contributed by atoms with E-state index < -0.39 is 38.6 Å². The number of carbonyl (C=O) groups is 1. The van der Waals surface area contributed by atoms with Gasteiger partial charge in [-0.15, -0.1) is 0 Å². The fourth-order valence-electron chi connectivity index (χ4n) is 1.87. The van der Waals surface area contributed by atoms with Crippen molar-refractivity contribution in [3.63, 3.8) is 0 Å². The Bertz CT molecular complexity index is 647. The molecule has 2 rings (SSSR count). The third kappa shape index (κ3) is 2.51. The average molecular weight is 292 g/mol. The van der Waals surface area contributed by atoms with Gasteiger partial charge in [-0.2, -0.15) is 0 Å². The molecule has 0 aromatic heterocycles. The van der Waals surface area contributed by atoms with Crippen molar-refractivity contribution in [2.75, 3.05) is 11.4 Å². The fraction of sp³-hybridized carbons (Fsp3) is 0.300. The monoisotopic (exact) mass is 292 g/mol. The topological polar surface area (TPSA) is 101 Å². The number of hydrogen-bond donors (Lipinski definition) is 2. The van der Waals surface area contributed by atoms with Crippen LogP contribution in [0.15, 0.2) is 12.1 Å². The van der Waals surface area contributed by atoms with Gasteiger partial charge < -0.3 is 10.0 Å². The molecule has 1 fully saturated rings. The lowest BCUT2D eigenvalue weighted by molar-refractivity contribution is -0.117. The van der Waals surface area contributed by atoms with Crippen molar-refractivity contribution in [1.82, 2.24) is 0 Å². The van der Waals surface area contributed by atoms with Crippen molar-refractivity contribution in [2.24, 2.45) is 5.14 Å². The summed E-state index contributed by atoms with van der Waals surface area (Å²) in [5.74, 6) is -3.81. The number of sulfonamides is 1. The first-order chi connectivity index (χ1) is 8.70. The summed E-state index contributed by atoms with van der Waals surface area (Å²) in [4.78, 5) is 12.5. The molecule has 1 heterocycles. The van der Waals surface area contributed by atoms with Crippen molar-refractivity contribution < 1.29 is 27.1 Å². The number of hydrogen-bond acceptors (Lipinski definition) is 4. The minimum Gasteiger partial charge on any atom is -0.506 e. The first kappa shape index (κ1) is 13.7. The van der Waals surface area contributed by atoms with Gasteiger partial charge in [0.2, 0.25) is 15.9 Å². The summed E-state index contributed by atoms with van der Waals surface area (Å²) in [7, 11) is -3.92. The van der Waals surface area contributed by atoms with E-state index in [1.807, 2.05) is 0 Å². The van der Waals surface area contributed by atoms with Crippen LogP contribution < -0.4 is 10.0 Å². The van der Waals surface area contributed by atoms with Gasteiger partial charge in [0.05, 0.1) is 5.69 Å². The van der Waals surface area contributed by atoms with Crippen LogP contribution in [-0.2, 0) is 14.8 Å². The van der Waals surface area contributed by atoms with Crippen LogP contribution in [0.25, 0.3) is 0 Å². The van der Waals surface area contributed by atoms with E-state index in [1.165, 1.54) is 0 Å². The molecule has 1 atom stereocenters. The third-order valence-electron chi connectivity index (χ3n) is 2.86. The molecular weight excluding hydrogens is 282 g/mol. The van der Waals surface area contributed by atoms with Crippen molar-refractivity contribution in [3.8, 4) is 5.75 Å². The van der Waals surface area contributed by atoms with Gasteiger partial charge in [0.15, 0.2) is 11.6 Å². The number of nitrogens with zero attached hydrogens (tertiary/aromatic N) is 1. The molecule has 9 heteroatoms. The van der Waals surface area contributed by atoms with E-state index in [9.17, 15) is 27.1 Å². The molecule has 6 nitrogen and oxygen atoms in total. The fourth-order valence-corrected chi connectivity index (χ4v) is 2.60. The Morgan fingerprint density at radius 1 is 1.32 bits per heavy atom. The molecular formula is C10H10F2N2O4S. The highest BCUT2D eigenvalue weighted by molar-refractivity contribution is 7.89. The van der Waals surface area contributed by atoms with Crippen molar-refractivity contribution in [1.29, 1.82) is 0 Å². The largest absolute Gasteiger partial charge is 0.506 e. The molecule has 1 aliphatic rings. The summed E-state index contributed by atoms with van der Waals surface area (Å²) in [6.45, 7) is -0.309. The van der Waals surface area contributed by atoms with Gasteiger partial charge in [0.25, 0.3) is 0 Å². The van der Waals surface area contributed by atoms with Crippen molar-refractivity contribution in [2.45, 2.75) is 11.7 Å². The molecule has 3 N–H and O–H groups in total. The highest BCUT2D eigenvalue weighted by atomic mass is 32.2. The van der Waals surface area contributed by atoms with Gasteiger partial charge in [0.1, 0.15) is 11.0 Å². The molecule has 1 aliphatic heterocycles. The van der Waals surface area contributed by atoms with Gasteiger partial charge in [-0.05, 0) is 0 Å². The summed E-state index contributed by atoms with van der Waals surface area (Å²) in [6, 6.07) is 1.15. The predicted molar refractivity (Wildman–Crippen MR) is 61.9 cm³/mol. The third-order valence-corrected chi connectivity index (χ3v) is 4.11. The Hall–Kier alpha value is -1.74. The lowest BCUT2D eigenvalue weighted by Crippen LogP contribution is -2.32. The quantitative estimate of drug-likeness (QED) is 0.805. The number of benzene rings is 1. The second kappa shape index (κ2) is 4.42. The summed E-state index contributed by atoms with van der Waals surface area (Å²) in [5, 5.41) is 13.3. The molecule has 1 saturated heterocycles. The van der Waals surface area contributed by atoms with Gasteiger partial charge in [-0.1, -0.05) is 0 Å². The Kier molecular flexibility index (Phi) is 3.19. The highest BCUT2D eigenvalue weighted by Crippen LogP contribution is 2.33. The van der Waals surface area contributed by atoms with Gasteiger partial charge in [-0.25, -0.2) is 22.3 Å². The van der Waals surface area contributed by atoms with E-state index in [4.69, 9.17) is 5.14 Å².